The maximum absolute atomic E-state index is 15.7. The van der Waals surface area contributed by atoms with E-state index in [2.05, 4.69) is 25.1 Å². The maximum atomic E-state index is 15.7. The Morgan fingerprint density at radius 3 is 2.39 bits per heavy atom. The first-order valence-corrected chi connectivity index (χ1v) is 22.2. The van der Waals surface area contributed by atoms with Crippen molar-refractivity contribution < 1.29 is 50.3 Å². The molecule has 3 aromatic carbocycles. The monoisotopic (exact) mass is 898 g/mol. The summed E-state index contributed by atoms with van der Waals surface area (Å²) in [5.74, 6) is -5.43. The lowest BCUT2D eigenvalue weighted by Gasteiger charge is -2.36. The van der Waals surface area contributed by atoms with Crippen LogP contribution >= 0.6 is 0 Å². The summed E-state index contributed by atoms with van der Waals surface area (Å²) in [6.07, 6.45) is 2.38. The molecule has 0 bridgehead atoms. The number of hydrogen-bond acceptors (Lipinski definition) is 11. The van der Waals surface area contributed by atoms with Crippen LogP contribution in [0.25, 0.3) is 22.2 Å². The molecule has 1 unspecified atom stereocenters. The van der Waals surface area contributed by atoms with Gasteiger partial charge < -0.3 is 14.6 Å². The highest BCUT2D eigenvalue weighted by molar-refractivity contribution is 7.90. The number of carbonyl (C=O) groups is 5. The number of piperazine rings is 1. The molecule has 0 spiro atoms. The molecule has 16 nitrogen and oxygen atoms in total. The number of alkyl halides is 1. The molecule has 4 amide bonds. The summed E-state index contributed by atoms with van der Waals surface area (Å²) in [7, 11) is -4.37. The quantitative estimate of drug-likeness (QED) is 0.0860. The number of halogens is 3. The Bertz CT molecular complexity index is 2830. The van der Waals surface area contributed by atoms with Crippen molar-refractivity contribution in [3.05, 3.63) is 107 Å². The molecule has 4 aliphatic heterocycles. The second-order valence-corrected chi connectivity index (χ2v) is 17.7. The predicted molar refractivity (Wildman–Crippen MR) is 227 cm³/mol. The van der Waals surface area contributed by atoms with E-state index in [0.29, 0.717) is 35.4 Å². The van der Waals surface area contributed by atoms with Crippen LogP contribution in [0, 0.1) is 11.6 Å². The summed E-state index contributed by atoms with van der Waals surface area (Å²) >= 11 is 0. The van der Waals surface area contributed by atoms with Crippen LogP contribution in [0.2, 0.25) is 0 Å². The number of benzene rings is 3. The minimum Gasteiger partial charge on any atom is -0.494 e. The number of rotatable bonds is 13. The number of hydrogen-bond donors (Lipinski definition) is 3. The first kappa shape index (κ1) is 42.7. The van der Waals surface area contributed by atoms with Crippen molar-refractivity contribution in [3.63, 3.8) is 0 Å². The zero-order valence-corrected chi connectivity index (χ0v) is 34.9. The van der Waals surface area contributed by atoms with E-state index in [1.807, 2.05) is 29.0 Å². The number of aromatic nitrogens is 2. The van der Waals surface area contributed by atoms with Gasteiger partial charge in [0.2, 0.25) is 17.6 Å². The van der Waals surface area contributed by atoms with Crippen LogP contribution < -0.4 is 19.7 Å². The molecule has 9 rings (SSSR count). The summed E-state index contributed by atoms with van der Waals surface area (Å²) < 4.78 is 78.9. The number of nitrogens with zero attached hydrogens (tertiary/aromatic N) is 5. The number of imide groups is 2. The number of aromatic amines is 1. The summed E-state index contributed by atoms with van der Waals surface area (Å²) in [6, 6.07) is 14.8. The van der Waals surface area contributed by atoms with Crippen molar-refractivity contribution >= 4 is 62.0 Å². The number of piperidine rings is 1. The van der Waals surface area contributed by atoms with Gasteiger partial charge in [-0.3, -0.25) is 43.8 Å². The summed E-state index contributed by atoms with van der Waals surface area (Å²) in [4.78, 5) is 76.6. The molecule has 2 aromatic heterocycles. The van der Waals surface area contributed by atoms with Crippen LogP contribution in [0.1, 0.15) is 62.3 Å². The van der Waals surface area contributed by atoms with Crippen LogP contribution in [0.3, 0.4) is 0 Å². The second kappa shape index (κ2) is 17.1. The Morgan fingerprint density at radius 1 is 0.891 bits per heavy atom. The van der Waals surface area contributed by atoms with Crippen molar-refractivity contribution in [2.45, 2.75) is 37.9 Å². The lowest BCUT2D eigenvalue weighted by atomic mass is 9.99. The van der Waals surface area contributed by atoms with Gasteiger partial charge in [0.1, 0.15) is 29.4 Å². The fraction of sp³-hybridized carbons (Fsp3) is 0.318. The molecule has 64 heavy (non-hydrogen) atoms. The lowest BCUT2D eigenvalue weighted by molar-refractivity contribution is -0.136. The molecule has 20 heteroatoms. The molecule has 3 N–H and O–H groups in total. The number of amides is 4. The Balaban J connectivity index is 0.783. The van der Waals surface area contributed by atoms with Gasteiger partial charge >= 0.3 is 10.2 Å². The SMILES string of the molecule is O=C1CCC(N2C(=O)c3ccc(OCCCN4CCN(c5ccc(-c6cnc7[nH]cc(C(=O)c8c(F)ccc(NS(=O)(=O)N9CC[C@@H](F)C9)c8F)c7c6)cc5)CC4)cc3C2=O)C(=O)N1. The topological polar surface area (TPSA) is 194 Å². The normalized spacial score (nSPS) is 19.7. The highest BCUT2D eigenvalue weighted by Gasteiger charge is 2.45. The first-order chi connectivity index (χ1) is 30.8. The summed E-state index contributed by atoms with van der Waals surface area (Å²) in [5.41, 5.74) is 1.43. The zero-order valence-electron chi connectivity index (χ0n) is 34.1. The van der Waals surface area contributed by atoms with Crippen molar-refractivity contribution in [2.75, 3.05) is 62.0 Å². The average Bonchev–Trinajstić information content (AvgIpc) is 3.99. The van der Waals surface area contributed by atoms with Crippen molar-refractivity contribution in [1.29, 1.82) is 0 Å². The molecule has 5 aromatic rings. The molecular formula is C44H41F3N8O8S. The molecule has 0 aliphatic carbocycles. The standard InChI is InChI=1S/C44H41F3N8O8S/c45-27-12-14-54(24-27)64(61,62)51-35-9-8-34(46)38(39(35)47)40(57)33-23-49-41-31(33)20-26(22-48-41)25-2-4-28(5-3-25)53-17-15-52(16-18-53)13-1-19-63-29-6-7-30-32(21-29)44(60)55(43(30)59)36-10-11-37(56)50-42(36)58/h2-9,20-23,27,36,51H,1,10-19,24H2,(H,48,49)(H,50,56,58)/t27-,36?/m1/s1. The highest BCUT2D eigenvalue weighted by Crippen LogP contribution is 2.33. The summed E-state index contributed by atoms with van der Waals surface area (Å²) in [6.45, 7) is 3.84. The predicted octanol–water partition coefficient (Wildman–Crippen LogP) is 4.43. The van der Waals surface area contributed by atoms with Gasteiger partial charge in [-0.25, -0.2) is 18.2 Å². The van der Waals surface area contributed by atoms with Gasteiger partial charge in [-0.05, 0) is 73.4 Å². The Labute approximate surface area is 364 Å². The van der Waals surface area contributed by atoms with Crippen LogP contribution in [-0.4, -0.2) is 127 Å². The molecule has 332 valence electrons. The zero-order chi connectivity index (χ0) is 44.9. The van der Waals surface area contributed by atoms with Crippen molar-refractivity contribution in [3.8, 4) is 16.9 Å². The van der Waals surface area contributed by atoms with Crippen LogP contribution in [0.15, 0.2) is 73.1 Å². The van der Waals surface area contributed by atoms with E-state index in [0.717, 1.165) is 65.3 Å². The van der Waals surface area contributed by atoms with Gasteiger partial charge in [-0.2, -0.15) is 12.7 Å². The number of pyridine rings is 1. The van der Waals surface area contributed by atoms with E-state index >= 15 is 8.78 Å². The van der Waals surface area contributed by atoms with E-state index in [9.17, 15) is 36.8 Å². The lowest BCUT2D eigenvalue weighted by Crippen LogP contribution is -2.54. The molecule has 3 saturated heterocycles. The number of H-pyrrole nitrogens is 1. The molecule has 4 aliphatic rings. The Morgan fingerprint density at radius 2 is 1.66 bits per heavy atom. The smallest absolute Gasteiger partial charge is 0.301 e. The largest absolute Gasteiger partial charge is 0.494 e. The van der Waals surface area contributed by atoms with Crippen molar-refractivity contribution in [1.82, 2.24) is 29.4 Å². The number of ketones is 1. The van der Waals surface area contributed by atoms with Crippen LogP contribution in [0.5, 0.6) is 5.75 Å². The average molecular weight is 899 g/mol. The third-order valence-electron chi connectivity index (χ3n) is 12.0. The number of nitrogens with one attached hydrogen (secondary N) is 3. The maximum Gasteiger partial charge on any atom is 0.301 e. The van der Waals surface area contributed by atoms with E-state index in [-0.39, 0.29) is 42.5 Å². The Hall–Kier alpha value is -6.64. The third-order valence-corrected chi connectivity index (χ3v) is 13.5. The summed E-state index contributed by atoms with van der Waals surface area (Å²) in [5, 5.41) is 2.50. The van der Waals surface area contributed by atoms with Gasteiger partial charge in [0.25, 0.3) is 11.8 Å². The van der Waals surface area contributed by atoms with Crippen molar-refractivity contribution in [2.24, 2.45) is 0 Å². The van der Waals surface area contributed by atoms with Gasteiger partial charge in [-0.15, -0.1) is 0 Å². The fourth-order valence-electron chi connectivity index (χ4n) is 8.55. The molecule has 6 heterocycles. The minimum atomic E-state index is -4.37. The number of ether oxygens (including phenoxy) is 1. The van der Waals surface area contributed by atoms with Gasteiger partial charge in [0, 0.05) is 86.8 Å². The van der Waals surface area contributed by atoms with Gasteiger partial charge in [0.15, 0.2) is 5.82 Å². The van der Waals surface area contributed by atoms with E-state index in [1.54, 1.807) is 18.3 Å². The van der Waals surface area contributed by atoms with Crippen LogP contribution in [0.4, 0.5) is 24.5 Å². The molecule has 3 fully saturated rings. The minimum absolute atomic E-state index is 0.00683. The molecule has 0 saturated carbocycles. The van der Waals surface area contributed by atoms with E-state index in [4.69, 9.17) is 4.74 Å². The third kappa shape index (κ3) is 8.19. The number of carbonyl (C=O) groups excluding carboxylic acids is 5. The Kier molecular flexibility index (Phi) is 11.4. The van der Waals surface area contributed by atoms with E-state index < -0.39 is 81.3 Å². The number of fused-ring (bicyclic) bond motifs is 2. The molecular weight excluding hydrogens is 858 g/mol. The van der Waals surface area contributed by atoms with Gasteiger partial charge in [-0.1, -0.05) is 12.1 Å². The first-order valence-electron chi connectivity index (χ1n) is 20.7. The van der Waals surface area contributed by atoms with Gasteiger partial charge in [0.05, 0.1) is 29.0 Å². The molecule has 0 radical (unpaired) electrons. The fourth-order valence-corrected chi connectivity index (χ4v) is 9.81. The number of anilines is 2. The van der Waals surface area contributed by atoms with Crippen LogP contribution in [-0.2, 0) is 19.8 Å². The second-order valence-electron chi connectivity index (χ2n) is 16.0. The molecule has 2 atom stereocenters. The highest BCUT2D eigenvalue weighted by atomic mass is 32.2. The van der Waals surface area contributed by atoms with E-state index in [1.165, 1.54) is 18.3 Å².